The number of thiol groups is 1. The van der Waals surface area contributed by atoms with Gasteiger partial charge in [0.15, 0.2) is 0 Å². The maximum absolute atomic E-state index is 12.3. The van der Waals surface area contributed by atoms with E-state index in [0.29, 0.717) is 20.6 Å². The SMILES string of the molecule is CC(C)(C)OC(=O)N1CCc2ccc(BOC(C)(C)C(C)(C)S)cc2C1. The molecule has 2 rings (SSSR count). The molecule has 1 heterocycles. The van der Waals surface area contributed by atoms with Gasteiger partial charge in [0.05, 0.1) is 5.60 Å². The minimum atomic E-state index is -0.474. The zero-order chi connectivity index (χ0) is 19.8. The highest BCUT2D eigenvalue weighted by Gasteiger charge is 2.34. The molecule has 26 heavy (non-hydrogen) atoms. The van der Waals surface area contributed by atoms with E-state index in [1.807, 2.05) is 20.8 Å². The van der Waals surface area contributed by atoms with Gasteiger partial charge in [0, 0.05) is 17.8 Å². The van der Waals surface area contributed by atoms with Gasteiger partial charge < -0.3 is 14.3 Å². The van der Waals surface area contributed by atoms with Gasteiger partial charge in [-0.05, 0) is 66.0 Å². The van der Waals surface area contributed by atoms with Crippen LogP contribution in [-0.4, -0.2) is 41.0 Å². The fraction of sp³-hybridized carbons (Fsp3) is 0.650. The van der Waals surface area contributed by atoms with Crippen molar-refractivity contribution in [2.45, 2.75) is 77.4 Å². The van der Waals surface area contributed by atoms with Crippen molar-refractivity contribution in [2.24, 2.45) is 0 Å². The summed E-state index contributed by atoms with van der Waals surface area (Å²) in [5.41, 5.74) is 2.75. The average molecular weight is 377 g/mol. The Hall–Kier alpha value is -1.14. The number of hydrogen-bond acceptors (Lipinski definition) is 4. The van der Waals surface area contributed by atoms with Crippen LogP contribution < -0.4 is 5.46 Å². The van der Waals surface area contributed by atoms with Crippen molar-refractivity contribution in [3.8, 4) is 0 Å². The number of rotatable bonds is 4. The first-order valence-corrected chi connectivity index (χ1v) is 9.68. The van der Waals surface area contributed by atoms with Gasteiger partial charge in [-0.2, -0.15) is 12.6 Å². The van der Waals surface area contributed by atoms with E-state index < -0.39 is 5.60 Å². The molecule has 4 nitrogen and oxygen atoms in total. The Balaban J connectivity index is 2.06. The molecule has 1 aromatic rings. The first-order chi connectivity index (χ1) is 11.8. The van der Waals surface area contributed by atoms with E-state index in [9.17, 15) is 4.79 Å². The molecular weight excluding hydrogens is 345 g/mol. The summed E-state index contributed by atoms with van der Waals surface area (Å²) in [5, 5.41) is 0. The van der Waals surface area contributed by atoms with Crippen LogP contribution in [0.4, 0.5) is 4.79 Å². The van der Waals surface area contributed by atoms with Gasteiger partial charge in [-0.25, -0.2) is 4.79 Å². The minimum absolute atomic E-state index is 0.241. The Labute approximate surface area is 164 Å². The Morgan fingerprint density at radius 1 is 1.12 bits per heavy atom. The first-order valence-electron chi connectivity index (χ1n) is 9.23. The number of carbonyl (C=O) groups excluding carboxylic acids is 1. The van der Waals surface area contributed by atoms with Crippen LogP contribution in [0.25, 0.3) is 0 Å². The average Bonchev–Trinajstić information content (AvgIpc) is 2.49. The molecule has 0 aliphatic carbocycles. The molecular formula is C20H32BNO3S. The molecule has 0 saturated heterocycles. The van der Waals surface area contributed by atoms with E-state index in [1.54, 1.807) is 4.90 Å². The third kappa shape index (κ3) is 5.43. The number of fused-ring (bicyclic) bond motifs is 1. The summed E-state index contributed by atoms with van der Waals surface area (Å²) in [7, 11) is 0.525. The van der Waals surface area contributed by atoms with Crippen LogP contribution in [0.15, 0.2) is 18.2 Å². The summed E-state index contributed by atoms with van der Waals surface area (Å²) < 4.78 is 11.4. The van der Waals surface area contributed by atoms with Crippen LogP contribution in [0.2, 0.25) is 0 Å². The molecule has 0 aromatic heterocycles. The van der Waals surface area contributed by atoms with E-state index >= 15 is 0 Å². The highest BCUT2D eigenvalue weighted by Crippen LogP contribution is 2.30. The van der Waals surface area contributed by atoms with Gasteiger partial charge in [0.2, 0.25) is 0 Å². The van der Waals surface area contributed by atoms with Crippen LogP contribution in [-0.2, 0) is 22.4 Å². The molecule has 0 spiro atoms. The van der Waals surface area contributed by atoms with Crippen LogP contribution in [0.3, 0.4) is 0 Å². The monoisotopic (exact) mass is 377 g/mol. The van der Waals surface area contributed by atoms with Crippen LogP contribution >= 0.6 is 12.6 Å². The van der Waals surface area contributed by atoms with E-state index in [2.05, 4.69) is 58.5 Å². The van der Waals surface area contributed by atoms with E-state index in [4.69, 9.17) is 9.39 Å². The van der Waals surface area contributed by atoms with Crippen molar-refractivity contribution >= 4 is 31.7 Å². The highest BCUT2D eigenvalue weighted by atomic mass is 32.1. The Bertz CT molecular complexity index is 662. The molecule has 0 atom stereocenters. The zero-order valence-corrected chi connectivity index (χ0v) is 18.1. The van der Waals surface area contributed by atoms with E-state index in [1.165, 1.54) is 11.1 Å². The maximum atomic E-state index is 12.3. The van der Waals surface area contributed by atoms with Crippen LogP contribution in [0.1, 0.15) is 59.6 Å². The lowest BCUT2D eigenvalue weighted by atomic mass is 9.81. The standard InChI is InChI=1S/C20H32BNO3S/c1-18(2,3)24-17(23)22-11-10-14-8-9-16(12-15(14)13-22)21-25-19(4,5)20(6,7)26/h8-9,12,21,26H,10-11,13H2,1-7H3. The topological polar surface area (TPSA) is 38.8 Å². The van der Waals surface area contributed by atoms with Crippen molar-refractivity contribution < 1.29 is 14.2 Å². The maximum Gasteiger partial charge on any atom is 0.410 e. The van der Waals surface area contributed by atoms with Crippen molar-refractivity contribution in [2.75, 3.05) is 6.54 Å². The summed E-state index contributed by atoms with van der Waals surface area (Å²) in [5.74, 6) is 0. The Morgan fingerprint density at radius 2 is 1.77 bits per heavy atom. The Kier molecular flexibility index (Phi) is 6.08. The fourth-order valence-corrected chi connectivity index (χ4v) is 2.69. The minimum Gasteiger partial charge on any atom is -0.444 e. The quantitative estimate of drug-likeness (QED) is 0.645. The van der Waals surface area contributed by atoms with Crippen molar-refractivity contribution in [3.63, 3.8) is 0 Å². The lowest BCUT2D eigenvalue weighted by Crippen LogP contribution is -2.46. The summed E-state index contributed by atoms with van der Waals surface area (Å²) in [6.45, 7) is 15.2. The molecule has 1 aromatic carbocycles. The van der Waals surface area contributed by atoms with Gasteiger partial charge >= 0.3 is 13.6 Å². The molecule has 1 amide bonds. The third-order valence-electron chi connectivity index (χ3n) is 5.01. The smallest absolute Gasteiger partial charge is 0.410 e. The predicted molar refractivity (Wildman–Crippen MR) is 112 cm³/mol. The largest absolute Gasteiger partial charge is 0.444 e. The van der Waals surface area contributed by atoms with E-state index in [-0.39, 0.29) is 16.4 Å². The first kappa shape index (κ1) is 21.2. The number of ether oxygens (including phenoxy) is 1. The zero-order valence-electron chi connectivity index (χ0n) is 17.2. The molecule has 144 valence electrons. The molecule has 1 aliphatic rings. The second kappa shape index (κ2) is 7.47. The lowest BCUT2D eigenvalue weighted by Gasteiger charge is -2.38. The second-order valence-electron chi connectivity index (χ2n) is 9.11. The van der Waals surface area contributed by atoms with Gasteiger partial charge in [0.25, 0.3) is 0 Å². The van der Waals surface area contributed by atoms with Gasteiger partial charge in [-0.1, -0.05) is 23.7 Å². The van der Waals surface area contributed by atoms with Crippen LogP contribution in [0.5, 0.6) is 0 Å². The highest BCUT2D eigenvalue weighted by molar-refractivity contribution is 7.81. The second-order valence-corrected chi connectivity index (χ2v) is 10.2. The summed E-state index contributed by atoms with van der Waals surface area (Å²) in [6, 6.07) is 6.41. The van der Waals surface area contributed by atoms with E-state index in [0.717, 1.165) is 11.9 Å². The molecule has 0 radical (unpaired) electrons. The predicted octanol–water partition coefficient (Wildman–Crippen LogP) is 3.46. The molecule has 0 N–H and O–H groups in total. The number of nitrogens with zero attached hydrogens (tertiary/aromatic N) is 1. The molecule has 0 unspecified atom stereocenters. The van der Waals surface area contributed by atoms with Gasteiger partial charge in [0.1, 0.15) is 5.60 Å². The molecule has 0 saturated carbocycles. The summed E-state index contributed by atoms with van der Waals surface area (Å²) in [6.07, 6.45) is 0.605. The van der Waals surface area contributed by atoms with Gasteiger partial charge in [-0.15, -0.1) is 0 Å². The van der Waals surface area contributed by atoms with Crippen LogP contribution in [0, 0.1) is 0 Å². The number of benzene rings is 1. The summed E-state index contributed by atoms with van der Waals surface area (Å²) in [4.78, 5) is 14.1. The number of hydrogen-bond donors (Lipinski definition) is 1. The molecule has 6 heteroatoms. The number of carbonyl (C=O) groups is 1. The Morgan fingerprint density at radius 3 is 2.35 bits per heavy atom. The molecule has 0 bridgehead atoms. The lowest BCUT2D eigenvalue weighted by molar-refractivity contribution is 0.0224. The summed E-state index contributed by atoms with van der Waals surface area (Å²) >= 11 is 4.65. The third-order valence-corrected chi connectivity index (χ3v) is 5.55. The fourth-order valence-electron chi connectivity index (χ4n) is 2.62. The normalized spacial score (nSPS) is 15.5. The molecule has 0 fully saturated rings. The van der Waals surface area contributed by atoms with Crippen molar-refractivity contribution in [3.05, 3.63) is 29.3 Å². The molecule has 1 aliphatic heterocycles. The van der Waals surface area contributed by atoms with Gasteiger partial charge in [-0.3, -0.25) is 0 Å². The number of amides is 1. The van der Waals surface area contributed by atoms with Crippen molar-refractivity contribution in [1.29, 1.82) is 0 Å². The van der Waals surface area contributed by atoms with Crippen molar-refractivity contribution in [1.82, 2.24) is 4.90 Å².